The normalized spacial score (nSPS) is 13.9. The maximum Gasteiger partial charge on any atom is 0.213 e. The Labute approximate surface area is 127 Å². The Balaban J connectivity index is 2.18. The maximum atomic E-state index is 12.8. The summed E-state index contributed by atoms with van der Waals surface area (Å²) < 4.78 is 31.2. The van der Waals surface area contributed by atoms with E-state index in [2.05, 4.69) is 0 Å². The van der Waals surface area contributed by atoms with Crippen molar-refractivity contribution >= 4 is 9.84 Å². The van der Waals surface area contributed by atoms with Crippen molar-refractivity contribution in [2.75, 3.05) is 0 Å². The van der Waals surface area contributed by atoms with Crippen molar-refractivity contribution in [3.05, 3.63) is 47.5 Å². The van der Waals surface area contributed by atoms with Crippen molar-refractivity contribution in [3.63, 3.8) is 0 Å². The number of ether oxygens (including phenoxy) is 1. The number of fused-ring (bicyclic) bond motifs is 2. The van der Waals surface area contributed by atoms with Crippen LogP contribution in [0.1, 0.15) is 11.1 Å². The summed E-state index contributed by atoms with van der Waals surface area (Å²) in [4.78, 5) is 0.115. The van der Waals surface area contributed by atoms with Crippen LogP contribution in [0.15, 0.2) is 46.2 Å². The lowest BCUT2D eigenvalue weighted by atomic mass is 10.1. The Kier molecular flexibility index (Phi) is 3.32. The van der Waals surface area contributed by atoms with Crippen LogP contribution in [0, 0.1) is 22.7 Å². The van der Waals surface area contributed by atoms with Crippen LogP contribution in [0.5, 0.6) is 11.5 Å². The summed E-state index contributed by atoms with van der Waals surface area (Å²) >= 11 is 0. The number of nitrogens with zero attached hydrogens (tertiary/aromatic N) is 2. The lowest BCUT2D eigenvalue weighted by Gasteiger charge is -2.21. The molecule has 1 aliphatic heterocycles. The third kappa shape index (κ3) is 2.20. The number of benzene rings is 2. The summed E-state index contributed by atoms with van der Waals surface area (Å²) in [7, 11) is -3.73. The van der Waals surface area contributed by atoms with Gasteiger partial charge >= 0.3 is 0 Å². The van der Waals surface area contributed by atoms with Crippen LogP contribution in [-0.4, -0.2) is 8.42 Å². The van der Waals surface area contributed by atoms with E-state index in [4.69, 9.17) is 15.3 Å². The Morgan fingerprint density at radius 2 is 1.32 bits per heavy atom. The Hall–Kier alpha value is -2.83. The quantitative estimate of drug-likeness (QED) is 0.725. The van der Waals surface area contributed by atoms with Crippen LogP contribution in [0.2, 0.25) is 0 Å². The van der Waals surface area contributed by atoms with Gasteiger partial charge in [-0.25, -0.2) is 8.42 Å². The Bertz CT molecular complexity index is 879. The maximum absolute atomic E-state index is 12.8. The number of hydrogen-bond acceptors (Lipinski definition) is 5. The van der Waals surface area contributed by atoms with Crippen LogP contribution < -0.4 is 4.74 Å². The predicted octanol–water partition coefficient (Wildman–Crippen LogP) is 2.76. The number of nitriles is 2. The molecule has 2 aromatic rings. The van der Waals surface area contributed by atoms with Gasteiger partial charge < -0.3 is 4.74 Å². The standard InChI is InChI=1S/C16H10N2O3S/c17-7-5-11-1-3-13-15(9-11)22(19,20)16-10-12(6-8-18)2-4-14(16)21-13/h1-4,9-10H,5-6H2. The van der Waals surface area contributed by atoms with E-state index in [0.29, 0.717) is 11.1 Å². The molecule has 0 N–H and O–H groups in total. The topological polar surface area (TPSA) is 91.0 Å². The molecule has 6 heteroatoms. The molecule has 0 unspecified atom stereocenters. The first-order valence-corrected chi connectivity index (χ1v) is 7.97. The Morgan fingerprint density at radius 3 is 1.73 bits per heavy atom. The van der Waals surface area contributed by atoms with E-state index in [-0.39, 0.29) is 34.1 Å². The molecule has 3 rings (SSSR count). The van der Waals surface area contributed by atoms with Crippen molar-refractivity contribution in [1.29, 1.82) is 10.5 Å². The average molecular weight is 310 g/mol. The first-order valence-electron chi connectivity index (χ1n) is 6.49. The molecular formula is C16H10N2O3S. The molecule has 2 aromatic carbocycles. The van der Waals surface area contributed by atoms with Crippen molar-refractivity contribution in [1.82, 2.24) is 0 Å². The van der Waals surface area contributed by atoms with Crippen molar-refractivity contribution in [2.24, 2.45) is 0 Å². The highest BCUT2D eigenvalue weighted by atomic mass is 32.2. The van der Waals surface area contributed by atoms with Gasteiger partial charge in [0.05, 0.1) is 25.0 Å². The lowest BCUT2D eigenvalue weighted by Crippen LogP contribution is -2.12. The fraction of sp³-hybridized carbons (Fsp3) is 0.125. The van der Waals surface area contributed by atoms with Gasteiger partial charge in [-0.2, -0.15) is 10.5 Å². The minimum Gasteiger partial charge on any atom is -0.455 e. The predicted molar refractivity (Wildman–Crippen MR) is 77.0 cm³/mol. The van der Waals surface area contributed by atoms with E-state index in [1.165, 1.54) is 12.1 Å². The molecule has 1 aliphatic rings. The lowest BCUT2D eigenvalue weighted by molar-refractivity contribution is 0.442. The van der Waals surface area contributed by atoms with E-state index >= 15 is 0 Å². The summed E-state index contributed by atoms with van der Waals surface area (Å²) in [5.41, 5.74) is 1.23. The summed E-state index contributed by atoms with van der Waals surface area (Å²) in [6.07, 6.45) is 0.258. The Morgan fingerprint density at radius 1 is 0.864 bits per heavy atom. The highest BCUT2D eigenvalue weighted by Gasteiger charge is 2.31. The molecule has 0 saturated carbocycles. The molecule has 0 aromatic heterocycles. The van der Waals surface area contributed by atoms with E-state index in [1.54, 1.807) is 24.3 Å². The largest absolute Gasteiger partial charge is 0.455 e. The molecular weight excluding hydrogens is 300 g/mol. The van der Waals surface area contributed by atoms with Gasteiger partial charge in [0.2, 0.25) is 9.84 Å². The summed E-state index contributed by atoms with van der Waals surface area (Å²) in [5, 5.41) is 17.5. The molecule has 0 spiro atoms. The molecule has 0 amide bonds. The van der Waals surface area contributed by atoms with Crippen LogP contribution in [0.4, 0.5) is 0 Å². The number of rotatable bonds is 2. The highest BCUT2D eigenvalue weighted by molar-refractivity contribution is 7.91. The second-order valence-electron chi connectivity index (χ2n) is 4.84. The second-order valence-corrected chi connectivity index (χ2v) is 6.72. The number of sulfone groups is 1. The van der Waals surface area contributed by atoms with Crippen LogP contribution >= 0.6 is 0 Å². The van der Waals surface area contributed by atoms with Gasteiger partial charge in [-0.05, 0) is 35.4 Å². The first kappa shape index (κ1) is 14.1. The number of hydrogen-bond donors (Lipinski definition) is 0. The van der Waals surface area contributed by atoms with Crippen LogP contribution in [-0.2, 0) is 22.7 Å². The van der Waals surface area contributed by atoms with Gasteiger partial charge in [0.25, 0.3) is 0 Å². The third-order valence-corrected chi connectivity index (χ3v) is 5.18. The molecule has 0 radical (unpaired) electrons. The molecule has 0 atom stereocenters. The van der Waals surface area contributed by atoms with Crippen LogP contribution in [0.25, 0.3) is 0 Å². The molecule has 0 bridgehead atoms. The average Bonchev–Trinajstić information content (AvgIpc) is 2.50. The second kappa shape index (κ2) is 5.18. The van der Waals surface area contributed by atoms with Crippen molar-refractivity contribution in [2.45, 2.75) is 22.6 Å². The van der Waals surface area contributed by atoms with E-state index in [9.17, 15) is 8.42 Å². The fourth-order valence-corrected chi connectivity index (χ4v) is 3.93. The van der Waals surface area contributed by atoms with E-state index in [0.717, 1.165) is 0 Å². The van der Waals surface area contributed by atoms with Gasteiger partial charge in [-0.3, -0.25) is 0 Å². The van der Waals surface area contributed by atoms with E-state index in [1.807, 2.05) is 12.1 Å². The van der Waals surface area contributed by atoms with Gasteiger partial charge in [0, 0.05) is 0 Å². The molecule has 1 heterocycles. The van der Waals surface area contributed by atoms with Gasteiger partial charge in [0.1, 0.15) is 21.3 Å². The van der Waals surface area contributed by atoms with Gasteiger partial charge in [0.15, 0.2) is 0 Å². The van der Waals surface area contributed by atoms with E-state index < -0.39 is 9.84 Å². The highest BCUT2D eigenvalue weighted by Crippen LogP contribution is 2.43. The SMILES string of the molecule is N#CCc1ccc2c(c1)S(=O)(=O)c1cc(CC#N)ccc1O2. The third-order valence-electron chi connectivity index (χ3n) is 3.38. The fourth-order valence-electron chi connectivity index (χ4n) is 2.33. The molecule has 108 valence electrons. The van der Waals surface area contributed by atoms with Crippen molar-refractivity contribution in [3.8, 4) is 23.6 Å². The van der Waals surface area contributed by atoms with Gasteiger partial charge in [-0.1, -0.05) is 12.1 Å². The molecule has 0 aliphatic carbocycles. The molecule has 0 fully saturated rings. The summed E-state index contributed by atoms with van der Waals surface area (Å²) in [6.45, 7) is 0. The summed E-state index contributed by atoms with van der Waals surface area (Å²) in [6, 6.07) is 13.4. The molecule has 22 heavy (non-hydrogen) atoms. The zero-order valence-corrected chi connectivity index (χ0v) is 12.2. The molecule has 0 saturated heterocycles. The molecule has 5 nitrogen and oxygen atoms in total. The minimum absolute atomic E-state index is 0.0573. The smallest absolute Gasteiger partial charge is 0.213 e. The zero-order valence-electron chi connectivity index (χ0n) is 11.4. The summed E-state index contributed by atoms with van der Waals surface area (Å²) in [5.74, 6) is 0.504. The van der Waals surface area contributed by atoms with Crippen molar-refractivity contribution < 1.29 is 13.2 Å². The monoisotopic (exact) mass is 310 g/mol. The first-order chi connectivity index (χ1) is 10.6. The van der Waals surface area contributed by atoms with Gasteiger partial charge in [-0.15, -0.1) is 0 Å². The van der Waals surface area contributed by atoms with Crippen LogP contribution in [0.3, 0.4) is 0 Å². The zero-order chi connectivity index (χ0) is 15.7. The minimum atomic E-state index is -3.73.